The SMILES string of the molecule is [Nb+5].[Re].[S-2].[S-2]. The molecule has 4 heavy (non-hydrogen) atoms. The fourth-order valence-corrected chi connectivity index (χ4v) is 0. The van der Waals surface area contributed by atoms with E-state index in [-0.39, 0.29) is 69.8 Å². The van der Waals surface area contributed by atoms with E-state index >= 15 is 0 Å². The second-order valence-corrected chi connectivity index (χ2v) is 0. The van der Waals surface area contributed by atoms with Gasteiger partial charge in [0.05, 0.1) is 0 Å². The molecule has 0 amide bonds. The Kier molecular flexibility index (Phi) is 175. The van der Waals surface area contributed by atoms with Crippen LogP contribution in [0, 0.1) is 0 Å². The van der Waals surface area contributed by atoms with Crippen molar-refractivity contribution in [3.63, 3.8) is 0 Å². The van der Waals surface area contributed by atoms with Crippen molar-refractivity contribution < 1.29 is 42.8 Å². The molecule has 0 bridgehead atoms. The van der Waals surface area contributed by atoms with E-state index in [1.807, 2.05) is 0 Å². The Hall–Kier alpha value is 2.10. The fraction of sp³-hybridized carbons (Fsp3) is 0. The van der Waals surface area contributed by atoms with E-state index in [1.54, 1.807) is 0 Å². The van der Waals surface area contributed by atoms with Crippen molar-refractivity contribution in [2.75, 3.05) is 0 Å². The summed E-state index contributed by atoms with van der Waals surface area (Å²) in [6.45, 7) is 0. The van der Waals surface area contributed by atoms with Gasteiger partial charge in [-0.1, -0.05) is 0 Å². The van der Waals surface area contributed by atoms with Crippen molar-refractivity contribution in [3.05, 3.63) is 0 Å². The monoisotopic (exact) mass is 344 g/mol. The van der Waals surface area contributed by atoms with Gasteiger partial charge in [-0.05, 0) is 0 Å². The Bertz CT molecular complexity index is 6.00. The molecule has 0 spiro atoms. The van der Waals surface area contributed by atoms with Gasteiger partial charge in [0.1, 0.15) is 0 Å². The molecule has 0 aliphatic carbocycles. The number of rotatable bonds is 0. The van der Waals surface area contributed by atoms with E-state index in [2.05, 4.69) is 0 Å². The fourth-order valence-electron chi connectivity index (χ4n) is 0. The van der Waals surface area contributed by atoms with Crippen LogP contribution in [-0.2, 0) is 69.8 Å². The first-order valence-electron chi connectivity index (χ1n) is 0. The third-order valence-electron chi connectivity index (χ3n) is 0. The van der Waals surface area contributed by atoms with Gasteiger partial charge in [0.15, 0.2) is 0 Å². The minimum absolute atomic E-state index is 0. The quantitative estimate of drug-likeness (QED) is 0.543. The first-order chi connectivity index (χ1) is 0. The Morgan fingerprint density at radius 1 is 0.750 bits per heavy atom. The van der Waals surface area contributed by atoms with Gasteiger partial charge < -0.3 is 27.0 Å². The van der Waals surface area contributed by atoms with Gasteiger partial charge in [-0.15, -0.1) is 0 Å². The Labute approximate surface area is 69.2 Å². The average molecular weight is 343 g/mol. The van der Waals surface area contributed by atoms with Gasteiger partial charge in [0.25, 0.3) is 0 Å². The molecule has 0 saturated carbocycles. The van der Waals surface area contributed by atoms with Crippen LogP contribution in [0.2, 0.25) is 0 Å². The summed E-state index contributed by atoms with van der Waals surface area (Å²) in [4.78, 5) is 0. The van der Waals surface area contributed by atoms with Gasteiger partial charge in [-0.25, -0.2) is 0 Å². The largest absolute Gasteiger partial charge is 5.00 e. The van der Waals surface area contributed by atoms with Crippen LogP contribution in [0.15, 0.2) is 0 Å². The van der Waals surface area contributed by atoms with Crippen LogP contribution in [0.4, 0.5) is 0 Å². The van der Waals surface area contributed by atoms with Gasteiger partial charge in [-0.3, -0.25) is 0 Å². The molecule has 0 nitrogen and oxygen atoms in total. The zero-order valence-electron chi connectivity index (χ0n) is 1.64. The van der Waals surface area contributed by atoms with E-state index in [0.717, 1.165) is 0 Å². The molecule has 0 aromatic heterocycles. The third kappa shape index (κ3) is 8.93. The summed E-state index contributed by atoms with van der Waals surface area (Å²) in [5.74, 6) is 0. The molecule has 0 aromatic rings. The summed E-state index contributed by atoms with van der Waals surface area (Å²) in [6, 6.07) is 0. The van der Waals surface area contributed by atoms with E-state index in [4.69, 9.17) is 0 Å². The molecule has 0 heterocycles. The molecule has 0 saturated heterocycles. The molecule has 0 rings (SSSR count). The minimum atomic E-state index is 0. The summed E-state index contributed by atoms with van der Waals surface area (Å²) >= 11 is 0. The summed E-state index contributed by atoms with van der Waals surface area (Å²) in [5, 5.41) is 0. The van der Waals surface area contributed by atoms with Crippen molar-refractivity contribution in [1.82, 2.24) is 0 Å². The van der Waals surface area contributed by atoms with Gasteiger partial charge in [0.2, 0.25) is 0 Å². The molecule has 4 heteroatoms. The number of hydrogen-bond acceptors (Lipinski definition) is 0. The van der Waals surface area contributed by atoms with Crippen LogP contribution in [-0.4, -0.2) is 0 Å². The van der Waals surface area contributed by atoms with E-state index in [0.29, 0.717) is 0 Å². The molecule has 0 aliphatic heterocycles. The topological polar surface area (TPSA) is 0 Å². The van der Waals surface area contributed by atoms with Gasteiger partial charge in [0, 0.05) is 20.4 Å². The second kappa shape index (κ2) is 19.4. The van der Waals surface area contributed by atoms with Crippen LogP contribution in [0.5, 0.6) is 0 Å². The molecular weight excluding hydrogens is 343 g/mol. The third-order valence-corrected chi connectivity index (χ3v) is 0. The first-order valence-corrected chi connectivity index (χ1v) is 0. The van der Waals surface area contributed by atoms with Crippen LogP contribution in [0.25, 0.3) is 0 Å². The summed E-state index contributed by atoms with van der Waals surface area (Å²) < 4.78 is 0. The molecule has 0 atom stereocenters. The van der Waals surface area contributed by atoms with Gasteiger partial charge >= 0.3 is 22.4 Å². The molecule has 1 radical (unpaired) electrons. The standard InChI is InChI=1S/Nb.Re.2S/q+5;;2*-2. The van der Waals surface area contributed by atoms with Crippen LogP contribution >= 0.6 is 0 Å². The van der Waals surface area contributed by atoms with Crippen molar-refractivity contribution in [2.45, 2.75) is 0 Å². The molecule has 23 valence electrons. The molecule has 0 fully saturated rings. The molecule has 0 unspecified atom stereocenters. The zero-order chi connectivity index (χ0) is 0. The minimum Gasteiger partial charge on any atom is -2.00 e. The predicted octanol–water partition coefficient (Wildman–Crippen LogP) is -0.00980. The first kappa shape index (κ1) is 35.9. The van der Waals surface area contributed by atoms with E-state index < -0.39 is 0 Å². The average Bonchev–Trinajstić information content (AvgIpc) is 0. The van der Waals surface area contributed by atoms with E-state index in [9.17, 15) is 0 Å². The summed E-state index contributed by atoms with van der Waals surface area (Å²) in [7, 11) is 0. The Balaban J connectivity index is 0. The van der Waals surface area contributed by atoms with Gasteiger partial charge in [-0.2, -0.15) is 0 Å². The molecule has 0 aromatic carbocycles. The zero-order valence-corrected chi connectivity index (χ0v) is 8.19. The van der Waals surface area contributed by atoms with E-state index in [1.165, 1.54) is 0 Å². The number of hydrogen-bond donors (Lipinski definition) is 0. The molecule has 0 N–H and O–H groups in total. The normalized spacial score (nSPS) is 0. The van der Waals surface area contributed by atoms with Crippen LogP contribution in [0.3, 0.4) is 0 Å². The summed E-state index contributed by atoms with van der Waals surface area (Å²) in [6.07, 6.45) is 0. The predicted molar refractivity (Wildman–Crippen MR) is 14.7 cm³/mol. The van der Waals surface area contributed by atoms with Crippen LogP contribution in [0.1, 0.15) is 0 Å². The van der Waals surface area contributed by atoms with Crippen molar-refractivity contribution in [1.29, 1.82) is 0 Å². The maximum Gasteiger partial charge on any atom is 5.00 e. The molecular formula is NbReS2+. The Morgan fingerprint density at radius 2 is 0.750 bits per heavy atom. The van der Waals surface area contributed by atoms with Crippen molar-refractivity contribution >= 4 is 27.0 Å². The maximum absolute atomic E-state index is 0. The van der Waals surface area contributed by atoms with Crippen LogP contribution < -0.4 is 0 Å². The van der Waals surface area contributed by atoms with Crippen molar-refractivity contribution in [2.24, 2.45) is 0 Å². The second-order valence-electron chi connectivity index (χ2n) is 0. The molecule has 0 aliphatic rings. The van der Waals surface area contributed by atoms with Crippen molar-refractivity contribution in [3.8, 4) is 0 Å². The summed E-state index contributed by atoms with van der Waals surface area (Å²) in [5.41, 5.74) is 0. The Morgan fingerprint density at radius 3 is 0.750 bits per heavy atom. The maximum atomic E-state index is 0. The smallest absolute Gasteiger partial charge is 2.00 e.